The van der Waals surface area contributed by atoms with Crippen LogP contribution in [0.25, 0.3) is 0 Å². The lowest BCUT2D eigenvalue weighted by atomic mass is 10.0. The third-order valence-electron chi connectivity index (χ3n) is 1.93. The first-order chi connectivity index (χ1) is 5.69. The molecule has 1 aliphatic heterocycles. The zero-order chi connectivity index (χ0) is 9.03. The summed E-state index contributed by atoms with van der Waals surface area (Å²) in [6.07, 6.45) is 1.40. The molecule has 1 fully saturated rings. The van der Waals surface area contributed by atoms with Crippen molar-refractivity contribution in [3.8, 4) is 0 Å². The highest BCUT2D eigenvalue weighted by Gasteiger charge is 2.38. The van der Waals surface area contributed by atoms with Crippen LogP contribution in [0, 0.1) is 0 Å². The topological polar surface area (TPSA) is 35.5 Å². The molecule has 12 heavy (non-hydrogen) atoms. The van der Waals surface area contributed by atoms with Crippen LogP contribution in [0.4, 0.5) is 0 Å². The second-order valence-corrected chi connectivity index (χ2v) is 4.32. The van der Waals surface area contributed by atoms with Crippen LogP contribution in [-0.4, -0.2) is 30.1 Å². The highest BCUT2D eigenvalue weighted by atomic mass is 79.9. The summed E-state index contributed by atoms with van der Waals surface area (Å²) in [7, 11) is 0. The Morgan fingerprint density at radius 3 is 2.67 bits per heavy atom. The van der Waals surface area contributed by atoms with Gasteiger partial charge in [-0.2, -0.15) is 0 Å². The summed E-state index contributed by atoms with van der Waals surface area (Å²) in [5.41, 5.74) is 0. The first-order valence-electron chi connectivity index (χ1n) is 4.13. The van der Waals surface area contributed by atoms with Crippen molar-refractivity contribution in [3.05, 3.63) is 0 Å². The lowest BCUT2D eigenvalue weighted by molar-refractivity contribution is -0.148. The van der Waals surface area contributed by atoms with Crippen molar-refractivity contribution in [2.45, 2.75) is 24.1 Å². The van der Waals surface area contributed by atoms with Gasteiger partial charge in [-0.25, -0.2) is 0 Å². The summed E-state index contributed by atoms with van der Waals surface area (Å²) in [5, 5.41) is 0. The van der Waals surface area contributed by atoms with Crippen LogP contribution in [0.5, 0.6) is 0 Å². The summed E-state index contributed by atoms with van der Waals surface area (Å²) in [5.74, 6) is -0.159. The van der Waals surface area contributed by atoms with Crippen LogP contribution < -0.4 is 0 Å². The molecule has 0 spiro atoms. The van der Waals surface area contributed by atoms with E-state index in [0.717, 1.165) is 0 Å². The fraction of sp³-hybridized carbons (Fsp3) is 0.875. The van der Waals surface area contributed by atoms with Crippen molar-refractivity contribution in [2.24, 2.45) is 0 Å². The number of carbonyl (C=O) groups excluding carboxylic acids is 1. The average Bonchev–Trinajstić information content (AvgIpc) is 2.06. The molecule has 0 radical (unpaired) electrons. The van der Waals surface area contributed by atoms with E-state index in [0.29, 0.717) is 32.7 Å². The van der Waals surface area contributed by atoms with E-state index in [-0.39, 0.29) is 5.97 Å². The third kappa shape index (κ3) is 2.20. The average molecular weight is 237 g/mol. The van der Waals surface area contributed by atoms with E-state index in [4.69, 9.17) is 9.47 Å². The van der Waals surface area contributed by atoms with E-state index in [2.05, 4.69) is 15.9 Å². The monoisotopic (exact) mass is 236 g/mol. The van der Waals surface area contributed by atoms with Gasteiger partial charge in [-0.05, 0) is 19.8 Å². The predicted molar refractivity (Wildman–Crippen MR) is 48.3 cm³/mol. The molecule has 0 saturated carbocycles. The normalized spacial score (nSPS) is 21.8. The zero-order valence-corrected chi connectivity index (χ0v) is 8.72. The minimum atomic E-state index is -0.485. The molecule has 0 aromatic rings. The molecule has 1 rings (SSSR count). The first-order valence-corrected chi connectivity index (χ1v) is 4.92. The van der Waals surface area contributed by atoms with Gasteiger partial charge in [-0.1, -0.05) is 15.9 Å². The number of halogens is 1. The molecular formula is C8H13BrO3. The Hall–Kier alpha value is -0.0900. The van der Waals surface area contributed by atoms with Gasteiger partial charge in [0.1, 0.15) is 4.32 Å². The molecule has 0 atom stereocenters. The molecule has 0 unspecified atom stereocenters. The van der Waals surface area contributed by atoms with Gasteiger partial charge in [0.25, 0.3) is 0 Å². The molecule has 0 aliphatic carbocycles. The Bertz CT molecular complexity index is 164. The Morgan fingerprint density at radius 1 is 1.58 bits per heavy atom. The van der Waals surface area contributed by atoms with Crippen LogP contribution in [-0.2, 0) is 14.3 Å². The lowest BCUT2D eigenvalue weighted by Crippen LogP contribution is -2.39. The maximum Gasteiger partial charge on any atom is 0.323 e. The predicted octanol–water partition coefficient (Wildman–Crippen LogP) is 1.49. The minimum Gasteiger partial charge on any atom is -0.465 e. The smallest absolute Gasteiger partial charge is 0.323 e. The van der Waals surface area contributed by atoms with Gasteiger partial charge in [-0.15, -0.1) is 0 Å². The van der Waals surface area contributed by atoms with E-state index in [1.165, 1.54) is 0 Å². The number of esters is 1. The first kappa shape index (κ1) is 9.99. The maximum atomic E-state index is 11.4. The standard InChI is InChI=1S/C8H13BrO3/c1-2-12-7(10)8(9)3-5-11-6-4-8/h2-6H2,1H3. The number of rotatable bonds is 2. The second-order valence-electron chi connectivity index (χ2n) is 2.80. The number of hydrogen-bond acceptors (Lipinski definition) is 3. The Kier molecular flexibility index (Phi) is 3.53. The van der Waals surface area contributed by atoms with Crippen molar-refractivity contribution in [1.82, 2.24) is 0 Å². The van der Waals surface area contributed by atoms with Crippen molar-refractivity contribution in [1.29, 1.82) is 0 Å². The van der Waals surface area contributed by atoms with E-state index < -0.39 is 4.32 Å². The minimum absolute atomic E-state index is 0.159. The molecule has 0 N–H and O–H groups in total. The van der Waals surface area contributed by atoms with E-state index in [1.54, 1.807) is 0 Å². The van der Waals surface area contributed by atoms with Crippen LogP contribution in [0.2, 0.25) is 0 Å². The van der Waals surface area contributed by atoms with Gasteiger partial charge in [0.05, 0.1) is 6.61 Å². The van der Waals surface area contributed by atoms with E-state index >= 15 is 0 Å². The van der Waals surface area contributed by atoms with Gasteiger partial charge >= 0.3 is 5.97 Å². The zero-order valence-electron chi connectivity index (χ0n) is 7.14. The van der Waals surface area contributed by atoms with Gasteiger partial charge in [-0.3, -0.25) is 4.79 Å². The molecular weight excluding hydrogens is 224 g/mol. The Labute approximate surface area is 80.5 Å². The molecule has 70 valence electrons. The molecule has 0 bridgehead atoms. The quantitative estimate of drug-likeness (QED) is 0.539. The molecule has 4 heteroatoms. The SMILES string of the molecule is CCOC(=O)C1(Br)CCOCC1. The van der Waals surface area contributed by atoms with Gasteiger partial charge in [0.2, 0.25) is 0 Å². The van der Waals surface area contributed by atoms with Crippen LogP contribution >= 0.6 is 15.9 Å². The molecule has 1 saturated heterocycles. The number of carbonyl (C=O) groups is 1. The number of alkyl halides is 1. The largest absolute Gasteiger partial charge is 0.465 e. The number of ether oxygens (including phenoxy) is 2. The Balaban J connectivity index is 2.50. The van der Waals surface area contributed by atoms with E-state index in [1.807, 2.05) is 6.92 Å². The third-order valence-corrected chi connectivity index (χ3v) is 3.04. The molecule has 1 aliphatic rings. The summed E-state index contributed by atoms with van der Waals surface area (Å²) in [6, 6.07) is 0. The molecule has 0 amide bonds. The molecule has 0 aromatic heterocycles. The van der Waals surface area contributed by atoms with Crippen LogP contribution in [0.15, 0.2) is 0 Å². The fourth-order valence-corrected chi connectivity index (χ4v) is 1.60. The van der Waals surface area contributed by atoms with Gasteiger partial charge in [0.15, 0.2) is 0 Å². The fourth-order valence-electron chi connectivity index (χ4n) is 1.16. The van der Waals surface area contributed by atoms with Crippen molar-refractivity contribution in [3.63, 3.8) is 0 Å². The number of hydrogen-bond donors (Lipinski definition) is 0. The van der Waals surface area contributed by atoms with Crippen molar-refractivity contribution >= 4 is 21.9 Å². The highest BCUT2D eigenvalue weighted by Crippen LogP contribution is 2.31. The molecule has 1 heterocycles. The lowest BCUT2D eigenvalue weighted by Gasteiger charge is -2.28. The summed E-state index contributed by atoms with van der Waals surface area (Å²) in [4.78, 5) is 11.4. The maximum absolute atomic E-state index is 11.4. The van der Waals surface area contributed by atoms with Crippen molar-refractivity contribution in [2.75, 3.05) is 19.8 Å². The van der Waals surface area contributed by atoms with Crippen molar-refractivity contribution < 1.29 is 14.3 Å². The van der Waals surface area contributed by atoms with E-state index in [9.17, 15) is 4.79 Å². The highest BCUT2D eigenvalue weighted by molar-refractivity contribution is 9.10. The summed E-state index contributed by atoms with van der Waals surface area (Å²) < 4.78 is 9.61. The van der Waals surface area contributed by atoms with Crippen LogP contribution in [0.3, 0.4) is 0 Å². The van der Waals surface area contributed by atoms with Gasteiger partial charge in [0, 0.05) is 13.2 Å². The van der Waals surface area contributed by atoms with Crippen LogP contribution in [0.1, 0.15) is 19.8 Å². The Morgan fingerprint density at radius 2 is 2.17 bits per heavy atom. The molecule has 3 nitrogen and oxygen atoms in total. The summed E-state index contributed by atoms with van der Waals surface area (Å²) >= 11 is 3.41. The second kappa shape index (κ2) is 4.23. The molecule has 0 aromatic carbocycles. The summed E-state index contributed by atoms with van der Waals surface area (Å²) in [6.45, 7) is 3.51. The van der Waals surface area contributed by atoms with Gasteiger partial charge < -0.3 is 9.47 Å².